The second-order valence-corrected chi connectivity index (χ2v) is 4.32. The lowest BCUT2D eigenvalue weighted by molar-refractivity contribution is -0.151. The van der Waals surface area contributed by atoms with Gasteiger partial charge in [0.25, 0.3) is 0 Å². The zero-order valence-corrected chi connectivity index (χ0v) is 11.7. The van der Waals surface area contributed by atoms with Crippen molar-refractivity contribution in [1.29, 1.82) is 0 Å². The highest BCUT2D eigenvalue weighted by molar-refractivity contribution is 5.80. The lowest BCUT2D eigenvalue weighted by atomic mass is 10.1. The monoisotopic (exact) mass is 276 g/mol. The Morgan fingerprint density at radius 3 is 2.80 bits per heavy atom. The molecule has 0 bridgehead atoms. The molecular weight excluding hydrogens is 256 g/mol. The number of ether oxygens (including phenoxy) is 2. The molecule has 0 heterocycles. The summed E-state index contributed by atoms with van der Waals surface area (Å²) < 4.78 is 10.7. The van der Waals surface area contributed by atoms with Crippen LogP contribution in [-0.4, -0.2) is 25.0 Å². The zero-order chi connectivity index (χ0) is 14.8. The van der Waals surface area contributed by atoms with E-state index in [0.29, 0.717) is 24.0 Å². The first kappa shape index (κ1) is 16.0. The van der Waals surface area contributed by atoms with Crippen LogP contribution in [0.25, 0.3) is 0 Å². The Balaban J connectivity index is 2.79. The molecule has 20 heavy (non-hydrogen) atoms. The topological polar surface area (TPSA) is 52.6 Å². The van der Waals surface area contributed by atoms with Crippen molar-refractivity contribution in [3.05, 3.63) is 42.5 Å². The summed E-state index contributed by atoms with van der Waals surface area (Å²) in [5, 5.41) is 0. The van der Waals surface area contributed by atoms with Crippen LogP contribution in [0, 0.1) is 0 Å². The number of benzene rings is 1. The first-order valence-electron chi connectivity index (χ1n) is 6.71. The average molecular weight is 276 g/mol. The minimum Gasteiger partial charge on any atom is -0.478 e. The zero-order valence-electron chi connectivity index (χ0n) is 11.7. The van der Waals surface area contributed by atoms with Crippen molar-refractivity contribution in [2.75, 3.05) is 6.61 Å². The normalized spacial score (nSPS) is 11.4. The molecule has 0 aliphatic carbocycles. The van der Waals surface area contributed by atoms with Crippen LogP contribution in [0.5, 0.6) is 5.75 Å². The van der Waals surface area contributed by atoms with Crippen molar-refractivity contribution < 1.29 is 19.1 Å². The molecule has 0 radical (unpaired) electrons. The van der Waals surface area contributed by atoms with Crippen molar-refractivity contribution in [2.24, 2.45) is 0 Å². The van der Waals surface area contributed by atoms with E-state index in [9.17, 15) is 9.59 Å². The van der Waals surface area contributed by atoms with Crippen LogP contribution >= 0.6 is 0 Å². The van der Waals surface area contributed by atoms with E-state index in [1.165, 1.54) is 6.08 Å². The maximum Gasteiger partial charge on any atom is 0.347 e. The molecule has 1 rings (SSSR count). The third-order valence-corrected chi connectivity index (χ3v) is 2.74. The molecule has 1 atom stereocenters. The van der Waals surface area contributed by atoms with Gasteiger partial charge < -0.3 is 9.47 Å². The molecule has 0 saturated heterocycles. The van der Waals surface area contributed by atoms with E-state index in [1.54, 1.807) is 24.3 Å². The highest BCUT2D eigenvalue weighted by Gasteiger charge is 2.22. The van der Waals surface area contributed by atoms with E-state index >= 15 is 0 Å². The molecule has 0 aromatic heterocycles. The Bertz CT molecular complexity index is 454. The molecule has 0 N–H and O–H groups in total. The van der Waals surface area contributed by atoms with Crippen LogP contribution in [-0.2, 0) is 9.53 Å². The summed E-state index contributed by atoms with van der Waals surface area (Å²) in [5.74, 6) is -0.0294. The van der Waals surface area contributed by atoms with Crippen LogP contribution in [0.1, 0.15) is 36.5 Å². The Labute approximate surface area is 119 Å². The van der Waals surface area contributed by atoms with Crippen molar-refractivity contribution in [1.82, 2.24) is 0 Å². The van der Waals surface area contributed by atoms with Crippen LogP contribution < -0.4 is 4.74 Å². The average Bonchev–Trinajstić information content (AvgIpc) is 2.49. The number of aldehydes is 1. The van der Waals surface area contributed by atoms with Gasteiger partial charge in [-0.2, -0.15) is 0 Å². The number of unbranched alkanes of at least 4 members (excludes halogenated alkanes) is 1. The van der Waals surface area contributed by atoms with Gasteiger partial charge in [0.05, 0.1) is 5.56 Å². The summed E-state index contributed by atoms with van der Waals surface area (Å²) in [5.41, 5.74) is 0.422. The first-order chi connectivity index (χ1) is 9.72. The molecule has 1 aromatic rings. The SMILES string of the molecule is C=CCOC(=O)C(CCCC)Oc1ccccc1C=O. The Hall–Kier alpha value is -2.10. The standard InChI is InChI=1S/C16H20O4/c1-3-5-9-15(16(18)19-11-4-2)20-14-10-7-6-8-13(14)12-17/h4,6-8,10,12,15H,2-3,5,9,11H2,1H3. The summed E-state index contributed by atoms with van der Waals surface area (Å²) in [6.45, 7) is 5.69. The van der Waals surface area contributed by atoms with Crippen molar-refractivity contribution in [2.45, 2.75) is 32.3 Å². The van der Waals surface area contributed by atoms with Gasteiger partial charge >= 0.3 is 5.97 Å². The lowest BCUT2D eigenvalue weighted by Gasteiger charge is -2.18. The smallest absolute Gasteiger partial charge is 0.347 e. The molecular formula is C16H20O4. The van der Waals surface area contributed by atoms with Crippen LogP contribution in [0.4, 0.5) is 0 Å². The molecule has 1 aromatic carbocycles. The van der Waals surface area contributed by atoms with Gasteiger partial charge in [0, 0.05) is 0 Å². The van der Waals surface area contributed by atoms with Gasteiger partial charge in [0.15, 0.2) is 12.4 Å². The fourth-order valence-corrected chi connectivity index (χ4v) is 1.69. The number of rotatable bonds is 9. The minimum absolute atomic E-state index is 0.153. The van der Waals surface area contributed by atoms with Gasteiger partial charge in [-0.15, -0.1) is 0 Å². The molecule has 4 nitrogen and oxygen atoms in total. The number of carbonyl (C=O) groups excluding carboxylic acids is 2. The van der Waals surface area contributed by atoms with E-state index in [1.807, 2.05) is 6.92 Å². The van der Waals surface area contributed by atoms with Crippen molar-refractivity contribution in [3.8, 4) is 5.75 Å². The minimum atomic E-state index is -0.698. The maximum absolute atomic E-state index is 11.9. The van der Waals surface area contributed by atoms with E-state index in [-0.39, 0.29) is 6.61 Å². The summed E-state index contributed by atoms with van der Waals surface area (Å²) >= 11 is 0. The van der Waals surface area contributed by atoms with Gasteiger partial charge in [0.1, 0.15) is 12.4 Å². The van der Waals surface area contributed by atoms with E-state index < -0.39 is 12.1 Å². The van der Waals surface area contributed by atoms with E-state index in [0.717, 1.165) is 12.8 Å². The quantitative estimate of drug-likeness (QED) is 0.395. The van der Waals surface area contributed by atoms with E-state index in [2.05, 4.69) is 6.58 Å². The fraction of sp³-hybridized carbons (Fsp3) is 0.375. The lowest BCUT2D eigenvalue weighted by Crippen LogP contribution is -2.29. The summed E-state index contributed by atoms with van der Waals surface area (Å²) in [6.07, 6.45) is 3.87. The Kier molecular flexibility index (Phi) is 7.11. The van der Waals surface area contributed by atoms with E-state index in [4.69, 9.17) is 9.47 Å². The summed E-state index contributed by atoms with van der Waals surface area (Å²) in [4.78, 5) is 22.9. The third kappa shape index (κ3) is 4.88. The number of para-hydroxylation sites is 1. The first-order valence-corrected chi connectivity index (χ1v) is 6.71. The maximum atomic E-state index is 11.9. The second-order valence-electron chi connectivity index (χ2n) is 4.32. The van der Waals surface area contributed by atoms with Gasteiger partial charge in [-0.05, 0) is 25.0 Å². The predicted octanol–water partition coefficient (Wildman–Crippen LogP) is 3.17. The highest BCUT2D eigenvalue weighted by Crippen LogP contribution is 2.19. The highest BCUT2D eigenvalue weighted by atomic mass is 16.6. The molecule has 4 heteroatoms. The second kappa shape index (κ2) is 8.91. The molecule has 0 aliphatic rings. The molecule has 0 aliphatic heterocycles. The molecule has 1 unspecified atom stereocenters. The van der Waals surface area contributed by atoms with Crippen molar-refractivity contribution >= 4 is 12.3 Å². The fourth-order valence-electron chi connectivity index (χ4n) is 1.69. The largest absolute Gasteiger partial charge is 0.478 e. The van der Waals surface area contributed by atoms with Gasteiger partial charge in [-0.25, -0.2) is 4.79 Å². The summed E-state index contributed by atoms with van der Waals surface area (Å²) in [7, 11) is 0. The molecule has 0 amide bonds. The van der Waals surface area contributed by atoms with Crippen LogP contribution in [0.15, 0.2) is 36.9 Å². The molecule has 0 saturated carbocycles. The number of carbonyl (C=O) groups is 2. The van der Waals surface area contributed by atoms with Gasteiger partial charge in [0.2, 0.25) is 0 Å². The number of hydrogen-bond acceptors (Lipinski definition) is 4. The molecule has 108 valence electrons. The van der Waals surface area contributed by atoms with Gasteiger partial charge in [-0.3, -0.25) is 4.79 Å². The number of hydrogen-bond donors (Lipinski definition) is 0. The predicted molar refractivity (Wildman–Crippen MR) is 76.9 cm³/mol. The van der Waals surface area contributed by atoms with Crippen LogP contribution in [0.3, 0.4) is 0 Å². The molecule has 0 spiro atoms. The van der Waals surface area contributed by atoms with Crippen molar-refractivity contribution in [3.63, 3.8) is 0 Å². The summed E-state index contributed by atoms with van der Waals surface area (Å²) in [6, 6.07) is 6.82. The molecule has 0 fully saturated rings. The van der Waals surface area contributed by atoms with Gasteiger partial charge in [-0.1, -0.05) is 38.1 Å². The Morgan fingerprint density at radius 2 is 2.15 bits per heavy atom. The third-order valence-electron chi connectivity index (χ3n) is 2.74. The number of esters is 1. The van der Waals surface area contributed by atoms with Crippen LogP contribution in [0.2, 0.25) is 0 Å². The Morgan fingerprint density at radius 1 is 1.40 bits per heavy atom.